The number of carbonyl (C=O) groups excluding carboxylic acids is 1. The number of aryl methyl sites for hydroxylation is 3. The summed E-state index contributed by atoms with van der Waals surface area (Å²) >= 11 is 0. The monoisotopic (exact) mass is 482 g/mol. The Labute approximate surface area is 212 Å². The number of rotatable bonds is 6. The normalized spacial score (nSPS) is 14.3. The first kappa shape index (κ1) is 24.0. The number of nitrogens with zero attached hydrogens (tertiary/aromatic N) is 6. The van der Waals surface area contributed by atoms with Crippen LogP contribution >= 0.6 is 0 Å². The lowest BCUT2D eigenvalue weighted by Gasteiger charge is -2.24. The van der Waals surface area contributed by atoms with Crippen molar-refractivity contribution in [3.63, 3.8) is 0 Å². The Kier molecular flexibility index (Phi) is 6.98. The van der Waals surface area contributed by atoms with Gasteiger partial charge >= 0.3 is 0 Å². The third-order valence-electron chi connectivity index (χ3n) is 6.94. The maximum absolute atomic E-state index is 13.3. The molecule has 5 rings (SSSR count). The lowest BCUT2D eigenvalue weighted by molar-refractivity contribution is 0.0766. The van der Waals surface area contributed by atoms with Crippen LogP contribution in [0.15, 0.2) is 54.6 Å². The summed E-state index contributed by atoms with van der Waals surface area (Å²) in [5, 5.41) is 5.87. The average molecular weight is 483 g/mol. The van der Waals surface area contributed by atoms with E-state index in [0.29, 0.717) is 6.54 Å². The van der Waals surface area contributed by atoms with Crippen molar-refractivity contribution >= 4 is 22.8 Å². The van der Waals surface area contributed by atoms with E-state index in [1.807, 2.05) is 65.9 Å². The molecule has 0 radical (unpaired) electrons. The van der Waals surface area contributed by atoms with Gasteiger partial charge in [0.1, 0.15) is 11.6 Å². The lowest BCUT2D eigenvalue weighted by Crippen LogP contribution is -2.35. The molecule has 186 valence electrons. The summed E-state index contributed by atoms with van der Waals surface area (Å²) in [6.45, 7) is 9.19. The van der Waals surface area contributed by atoms with Gasteiger partial charge in [0.2, 0.25) is 0 Å². The SMILES string of the molecule is CCCCc1nc(N2CCCN(C(=O)c3ccccc3C)CC2)c2c(C)nn(-c3ccccc3)c2n1. The van der Waals surface area contributed by atoms with E-state index >= 15 is 0 Å². The molecule has 0 atom stereocenters. The van der Waals surface area contributed by atoms with E-state index in [4.69, 9.17) is 15.1 Å². The summed E-state index contributed by atoms with van der Waals surface area (Å²) in [4.78, 5) is 27.6. The van der Waals surface area contributed by atoms with Crippen molar-refractivity contribution in [1.29, 1.82) is 0 Å². The number of unbranched alkanes of at least 4 members (excludes halogenated alkanes) is 1. The number of hydrogen-bond acceptors (Lipinski definition) is 5. The second-order valence-electron chi connectivity index (χ2n) is 9.55. The third-order valence-corrected chi connectivity index (χ3v) is 6.94. The molecule has 1 aliphatic heterocycles. The summed E-state index contributed by atoms with van der Waals surface area (Å²) in [5.41, 5.74) is 4.57. The number of aromatic nitrogens is 4. The Morgan fingerprint density at radius 3 is 2.47 bits per heavy atom. The predicted molar refractivity (Wildman–Crippen MR) is 144 cm³/mol. The summed E-state index contributed by atoms with van der Waals surface area (Å²) in [7, 11) is 0. The smallest absolute Gasteiger partial charge is 0.254 e. The second kappa shape index (κ2) is 10.5. The molecule has 1 aliphatic rings. The largest absolute Gasteiger partial charge is 0.354 e. The first-order valence-corrected chi connectivity index (χ1v) is 13.0. The molecule has 0 spiro atoms. The van der Waals surface area contributed by atoms with Crippen LogP contribution < -0.4 is 4.90 Å². The Hall–Kier alpha value is -3.74. The molecule has 1 saturated heterocycles. The summed E-state index contributed by atoms with van der Waals surface area (Å²) in [6.07, 6.45) is 3.86. The third kappa shape index (κ3) is 4.70. The molecule has 0 bridgehead atoms. The van der Waals surface area contributed by atoms with Gasteiger partial charge in [-0.25, -0.2) is 14.6 Å². The topological polar surface area (TPSA) is 67.2 Å². The minimum absolute atomic E-state index is 0.111. The summed E-state index contributed by atoms with van der Waals surface area (Å²) in [5.74, 6) is 1.91. The minimum Gasteiger partial charge on any atom is -0.354 e. The Balaban J connectivity index is 1.50. The molecule has 0 unspecified atom stereocenters. The van der Waals surface area contributed by atoms with Crippen LogP contribution in [0.1, 0.15) is 53.6 Å². The minimum atomic E-state index is 0.111. The van der Waals surface area contributed by atoms with Crippen LogP contribution in [0.5, 0.6) is 0 Å². The maximum atomic E-state index is 13.3. The molecule has 0 aliphatic carbocycles. The molecule has 36 heavy (non-hydrogen) atoms. The van der Waals surface area contributed by atoms with Gasteiger partial charge in [0.15, 0.2) is 5.65 Å². The number of benzene rings is 2. The lowest BCUT2D eigenvalue weighted by atomic mass is 10.1. The van der Waals surface area contributed by atoms with Gasteiger partial charge in [-0.15, -0.1) is 0 Å². The van der Waals surface area contributed by atoms with Gasteiger partial charge in [0.05, 0.1) is 16.8 Å². The maximum Gasteiger partial charge on any atom is 0.254 e. The van der Waals surface area contributed by atoms with Gasteiger partial charge < -0.3 is 9.80 Å². The molecule has 7 heteroatoms. The van der Waals surface area contributed by atoms with E-state index in [1.54, 1.807) is 0 Å². The van der Waals surface area contributed by atoms with Gasteiger partial charge in [-0.1, -0.05) is 49.7 Å². The highest BCUT2D eigenvalue weighted by Gasteiger charge is 2.25. The molecule has 2 aromatic carbocycles. The molecule has 1 amide bonds. The van der Waals surface area contributed by atoms with Crippen molar-refractivity contribution in [2.24, 2.45) is 0 Å². The standard InChI is InChI=1S/C29H34N6O/c1-4-5-16-25-30-27(26-22(3)32-35(28(26)31-25)23-13-7-6-8-14-23)33-17-11-18-34(20-19-33)29(36)24-15-10-9-12-21(24)2/h6-10,12-15H,4-5,11,16-20H2,1-3H3. The van der Waals surface area contributed by atoms with Crippen molar-refractivity contribution in [3.8, 4) is 5.69 Å². The predicted octanol–water partition coefficient (Wildman–Crippen LogP) is 5.13. The van der Waals surface area contributed by atoms with Crippen molar-refractivity contribution in [3.05, 3.63) is 77.2 Å². The molecule has 7 nitrogen and oxygen atoms in total. The average Bonchev–Trinajstić information content (AvgIpc) is 3.07. The number of para-hydroxylation sites is 1. The number of hydrogen-bond donors (Lipinski definition) is 0. The van der Waals surface area contributed by atoms with Crippen molar-refractivity contribution in [2.75, 3.05) is 31.1 Å². The first-order chi connectivity index (χ1) is 17.6. The van der Waals surface area contributed by atoms with E-state index in [0.717, 1.165) is 90.5 Å². The van der Waals surface area contributed by atoms with Crippen molar-refractivity contribution in [1.82, 2.24) is 24.6 Å². The zero-order valence-corrected chi connectivity index (χ0v) is 21.4. The van der Waals surface area contributed by atoms with E-state index < -0.39 is 0 Å². The Bertz CT molecular complexity index is 1360. The highest BCUT2D eigenvalue weighted by molar-refractivity contribution is 5.96. The number of carbonyl (C=O) groups is 1. The van der Waals surface area contributed by atoms with E-state index in [9.17, 15) is 4.79 Å². The van der Waals surface area contributed by atoms with Crippen LogP contribution in [0.3, 0.4) is 0 Å². The molecular weight excluding hydrogens is 448 g/mol. The number of amides is 1. The highest BCUT2D eigenvalue weighted by Crippen LogP contribution is 2.30. The zero-order chi connectivity index (χ0) is 25.1. The Morgan fingerprint density at radius 2 is 1.69 bits per heavy atom. The highest BCUT2D eigenvalue weighted by atomic mass is 16.2. The van der Waals surface area contributed by atoms with E-state index in [1.165, 1.54) is 0 Å². The molecule has 4 aromatic rings. The molecule has 3 heterocycles. The van der Waals surface area contributed by atoms with Crippen LogP contribution in [0.25, 0.3) is 16.7 Å². The van der Waals surface area contributed by atoms with Crippen LogP contribution in [0.2, 0.25) is 0 Å². The molecular formula is C29H34N6O. The van der Waals surface area contributed by atoms with Crippen LogP contribution in [-0.4, -0.2) is 56.7 Å². The Morgan fingerprint density at radius 1 is 0.917 bits per heavy atom. The van der Waals surface area contributed by atoms with Gasteiger partial charge in [-0.3, -0.25) is 4.79 Å². The van der Waals surface area contributed by atoms with E-state index in [2.05, 4.69) is 24.0 Å². The van der Waals surface area contributed by atoms with Crippen molar-refractivity contribution < 1.29 is 4.79 Å². The van der Waals surface area contributed by atoms with Gasteiger partial charge in [0, 0.05) is 38.2 Å². The molecule has 0 saturated carbocycles. The fraction of sp³-hybridized carbons (Fsp3) is 0.379. The summed E-state index contributed by atoms with van der Waals surface area (Å²) < 4.78 is 1.94. The number of fused-ring (bicyclic) bond motifs is 1. The van der Waals surface area contributed by atoms with Gasteiger partial charge in [-0.2, -0.15) is 5.10 Å². The second-order valence-corrected chi connectivity index (χ2v) is 9.55. The molecule has 0 N–H and O–H groups in total. The van der Waals surface area contributed by atoms with Crippen molar-refractivity contribution in [2.45, 2.75) is 46.5 Å². The van der Waals surface area contributed by atoms with E-state index in [-0.39, 0.29) is 5.91 Å². The van der Waals surface area contributed by atoms with Crippen LogP contribution in [0, 0.1) is 13.8 Å². The quantitative estimate of drug-likeness (QED) is 0.381. The van der Waals surface area contributed by atoms with Gasteiger partial charge in [0.25, 0.3) is 5.91 Å². The fourth-order valence-electron chi connectivity index (χ4n) is 4.95. The number of anilines is 1. The zero-order valence-electron chi connectivity index (χ0n) is 21.4. The molecule has 2 aromatic heterocycles. The fourth-order valence-corrected chi connectivity index (χ4v) is 4.95. The summed E-state index contributed by atoms with van der Waals surface area (Å²) in [6, 6.07) is 18.0. The van der Waals surface area contributed by atoms with Crippen LogP contribution in [0.4, 0.5) is 5.82 Å². The molecule has 1 fully saturated rings. The van der Waals surface area contributed by atoms with Crippen LogP contribution in [-0.2, 0) is 6.42 Å². The van der Waals surface area contributed by atoms with Gasteiger partial charge in [-0.05, 0) is 50.5 Å². The first-order valence-electron chi connectivity index (χ1n) is 13.0.